The van der Waals surface area contributed by atoms with Gasteiger partial charge in [-0.15, -0.1) is 0 Å². The number of hydrogen-bond donors (Lipinski definition) is 2. The molecule has 98 valence electrons. The lowest BCUT2D eigenvalue weighted by Crippen LogP contribution is -2.34. The zero-order valence-electron chi connectivity index (χ0n) is 9.39. The SMILES string of the molecule is O=C(O)CCC1CS(=O)(=O)c2ccc(F)cc2N1. The van der Waals surface area contributed by atoms with Crippen LogP contribution in [0.1, 0.15) is 12.8 Å². The first-order chi connectivity index (χ1) is 8.38. The highest BCUT2D eigenvalue weighted by atomic mass is 32.2. The van der Waals surface area contributed by atoms with Crippen LogP contribution in [0.4, 0.5) is 10.1 Å². The molecular weight excluding hydrogens is 261 g/mol. The monoisotopic (exact) mass is 273 g/mol. The van der Waals surface area contributed by atoms with Crippen LogP contribution >= 0.6 is 0 Å². The highest BCUT2D eigenvalue weighted by Crippen LogP contribution is 2.30. The number of rotatable bonds is 3. The molecule has 0 saturated heterocycles. The van der Waals surface area contributed by atoms with Gasteiger partial charge in [0.15, 0.2) is 9.84 Å². The first-order valence-corrected chi connectivity index (χ1v) is 7.04. The third kappa shape index (κ3) is 2.61. The summed E-state index contributed by atoms with van der Waals surface area (Å²) in [5.74, 6) is -1.69. The van der Waals surface area contributed by atoms with E-state index >= 15 is 0 Å². The molecule has 1 heterocycles. The zero-order chi connectivity index (χ0) is 13.3. The van der Waals surface area contributed by atoms with Crippen LogP contribution in [-0.2, 0) is 14.6 Å². The van der Waals surface area contributed by atoms with E-state index in [1.54, 1.807) is 0 Å². The number of nitrogens with one attached hydrogen (secondary N) is 1. The number of carbonyl (C=O) groups is 1. The molecule has 2 N–H and O–H groups in total. The second kappa shape index (κ2) is 4.56. The lowest BCUT2D eigenvalue weighted by molar-refractivity contribution is -0.137. The van der Waals surface area contributed by atoms with Gasteiger partial charge in [-0.1, -0.05) is 0 Å². The Bertz CT molecular complexity index is 585. The molecule has 7 heteroatoms. The molecule has 1 aromatic rings. The van der Waals surface area contributed by atoms with Gasteiger partial charge in [-0.05, 0) is 24.6 Å². The van der Waals surface area contributed by atoms with Gasteiger partial charge in [0.25, 0.3) is 0 Å². The van der Waals surface area contributed by atoms with Gasteiger partial charge in [0.1, 0.15) is 5.82 Å². The maximum atomic E-state index is 13.1. The minimum absolute atomic E-state index is 0.0653. The average Bonchev–Trinajstić information content (AvgIpc) is 2.24. The lowest BCUT2D eigenvalue weighted by atomic mass is 10.1. The number of aliphatic carboxylic acids is 1. The molecular formula is C11H12FNO4S. The number of halogens is 1. The normalized spacial score (nSPS) is 20.8. The predicted molar refractivity (Wildman–Crippen MR) is 62.7 cm³/mol. The van der Waals surface area contributed by atoms with Crippen molar-refractivity contribution in [2.24, 2.45) is 0 Å². The van der Waals surface area contributed by atoms with Gasteiger partial charge in [0.2, 0.25) is 0 Å². The van der Waals surface area contributed by atoms with Crippen LogP contribution in [0.2, 0.25) is 0 Å². The summed E-state index contributed by atoms with van der Waals surface area (Å²) in [5.41, 5.74) is 0.205. The van der Waals surface area contributed by atoms with Crippen LogP contribution in [0.5, 0.6) is 0 Å². The van der Waals surface area contributed by atoms with Crippen molar-refractivity contribution >= 4 is 21.5 Å². The van der Waals surface area contributed by atoms with Gasteiger partial charge in [-0.3, -0.25) is 4.79 Å². The second-order valence-electron chi connectivity index (χ2n) is 4.20. The summed E-state index contributed by atoms with van der Waals surface area (Å²) in [6, 6.07) is 2.93. The van der Waals surface area contributed by atoms with E-state index in [-0.39, 0.29) is 29.2 Å². The third-order valence-corrected chi connectivity index (χ3v) is 4.63. The highest BCUT2D eigenvalue weighted by Gasteiger charge is 2.30. The van der Waals surface area contributed by atoms with Crippen LogP contribution in [0, 0.1) is 5.82 Å². The van der Waals surface area contributed by atoms with E-state index in [1.165, 1.54) is 6.07 Å². The van der Waals surface area contributed by atoms with Crippen LogP contribution in [0.25, 0.3) is 0 Å². The van der Waals surface area contributed by atoms with Crippen molar-refractivity contribution < 1.29 is 22.7 Å². The van der Waals surface area contributed by atoms with Gasteiger partial charge in [0, 0.05) is 12.5 Å². The summed E-state index contributed by atoms with van der Waals surface area (Å²) in [5, 5.41) is 11.4. The number of carboxylic acid groups (broad SMARTS) is 1. The summed E-state index contributed by atoms with van der Waals surface area (Å²) in [4.78, 5) is 10.5. The van der Waals surface area contributed by atoms with Crippen LogP contribution in [-0.4, -0.2) is 31.3 Å². The fourth-order valence-electron chi connectivity index (χ4n) is 1.96. The van der Waals surface area contributed by atoms with E-state index in [0.717, 1.165) is 12.1 Å². The largest absolute Gasteiger partial charge is 0.481 e. The van der Waals surface area contributed by atoms with Crippen molar-refractivity contribution in [1.29, 1.82) is 0 Å². The maximum absolute atomic E-state index is 13.1. The zero-order valence-corrected chi connectivity index (χ0v) is 10.2. The molecule has 5 nitrogen and oxygen atoms in total. The van der Waals surface area contributed by atoms with E-state index in [4.69, 9.17) is 5.11 Å². The molecule has 0 radical (unpaired) electrons. The molecule has 0 fully saturated rings. The number of hydrogen-bond acceptors (Lipinski definition) is 4. The van der Waals surface area contributed by atoms with E-state index in [0.29, 0.717) is 0 Å². The fraction of sp³-hybridized carbons (Fsp3) is 0.364. The molecule has 0 saturated carbocycles. The predicted octanol–water partition coefficient (Wildman–Crippen LogP) is 1.26. The minimum Gasteiger partial charge on any atom is -0.481 e. The van der Waals surface area contributed by atoms with Crippen LogP contribution in [0.3, 0.4) is 0 Å². The fourth-order valence-corrected chi connectivity index (χ4v) is 3.64. The van der Waals surface area contributed by atoms with Crippen molar-refractivity contribution in [3.63, 3.8) is 0 Å². The lowest BCUT2D eigenvalue weighted by Gasteiger charge is -2.26. The molecule has 0 bridgehead atoms. The Hall–Kier alpha value is -1.63. The van der Waals surface area contributed by atoms with E-state index < -0.39 is 27.7 Å². The Morgan fingerprint density at radius 2 is 2.22 bits per heavy atom. The third-order valence-electron chi connectivity index (χ3n) is 2.76. The smallest absolute Gasteiger partial charge is 0.303 e. The second-order valence-corrected chi connectivity index (χ2v) is 6.20. The average molecular weight is 273 g/mol. The first-order valence-electron chi connectivity index (χ1n) is 5.39. The Kier molecular flexibility index (Phi) is 3.25. The number of fused-ring (bicyclic) bond motifs is 1. The maximum Gasteiger partial charge on any atom is 0.303 e. The molecule has 1 unspecified atom stereocenters. The summed E-state index contributed by atoms with van der Waals surface area (Å²) in [7, 11) is -3.48. The Morgan fingerprint density at radius 1 is 1.50 bits per heavy atom. The van der Waals surface area contributed by atoms with Gasteiger partial charge in [-0.25, -0.2) is 12.8 Å². The molecule has 0 spiro atoms. The Labute approximate surface area is 104 Å². The summed E-state index contributed by atoms with van der Waals surface area (Å²) in [6.45, 7) is 0. The minimum atomic E-state index is -3.48. The summed E-state index contributed by atoms with van der Waals surface area (Å²) in [6.07, 6.45) is 0.0579. The molecule has 18 heavy (non-hydrogen) atoms. The first kappa shape index (κ1) is 12.8. The van der Waals surface area contributed by atoms with Crippen molar-refractivity contribution in [2.45, 2.75) is 23.8 Å². The van der Waals surface area contributed by atoms with E-state index in [1.807, 2.05) is 0 Å². The summed E-state index contributed by atoms with van der Waals surface area (Å²) < 4.78 is 36.9. The quantitative estimate of drug-likeness (QED) is 0.810. The van der Waals surface area contributed by atoms with Crippen molar-refractivity contribution in [1.82, 2.24) is 0 Å². The number of anilines is 1. The van der Waals surface area contributed by atoms with Crippen LogP contribution < -0.4 is 5.32 Å². The van der Waals surface area contributed by atoms with Crippen molar-refractivity contribution in [3.8, 4) is 0 Å². The number of sulfone groups is 1. The number of benzene rings is 1. The van der Waals surface area contributed by atoms with Gasteiger partial charge >= 0.3 is 5.97 Å². The van der Waals surface area contributed by atoms with Gasteiger partial charge < -0.3 is 10.4 Å². The molecule has 0 amide bonds. The van der Waals surface area contributed by atoms with E-state index in [9.17, 15) is 17.6 Å². The highest BCUT2D eigenvalue weighted by molar-refractivity contribution is 7.91. The van der Waals surface area contributed by atoms with Gasteiger partial charge in [0.05, 0.1) is 16.3 Å². The molecule has 0 aromatic heterocycles. The van der Waals surface area contributed by atoms with Crippen LogP contribution in [0.15, 0.2) is 23.1 Å². The molecule has 2 rings (SSSR count). The molecule has 0 aliphatic carbocycles. The molecule has 1 aliphatic heterocycles. The number of carboxylic acids is 1. The molecule has 1 atom stereocenters. The Balaban J connectivity index is 2.28. The Morgan fingerprint density at radius 3 is 2.89 bits per heavy atom. The standard InChI is InChI=1S/C11H12FNO4S/c12-7-1-3-10-9(5-7)13-8(2-4-11(14)15)6-18(10,16)17/h1,3,5,8,13H,2,4,6H2,(H,14,15). The molecule has 1 aromatic carbocycles. The van der Waals surface area contributed by atoms with Crippen molar-refractivity contribution in [2.75, 3.05) is 11.1 Å². The van der Waals surface area contributed by atoms with Gasteiger partial charge in [-0.2, -0.15) is 0 Å². The summed E-state index contributed by atoms with van der Waals surface area (Å²) >= 11 is 0. The van der Waals surface area contributed by atoms with Crippen molar-refractivity contribution in [3.05, 3.63) is 24.0 Å². The molecule has 1 aliphatic rings. The topological polar surface area (TPSA) is 83.5 Å². The van der Waals surface area contributed by atoms with E-state index in [2.05, 4.69) is 5.32 Å².